The molecule has 1 rings (SSSR count). The van der Waals surface area contributed by atoms with Crippen molar-refractivity contribution >= 4 is 5.91 Å². The Morgan fingerprint density at radius 3 is 1.86 bits per heavy atom. The smallest absolute Gasteiger partial charge is 0.218 e. The molecule has 1 aliphatic rings. The van der Waals surface area contributed by atoms with Crippen molar-refractivity contribution < 1.29 is 4.79 Å². The van der Waals surface area contributed by atoms with Crippen LogP contribution in [0, 0.1) is 11.3 Å². The van der Waals surface area contributed by atoms with Gasteiger partial charge in [0.1, 0.15) is 0 Å². The first kappa shape index (κ1) is 25.8. The van der Waals surface area contributed by atoms with E-state index in [1.807, 2.05) is 0 Å². The molecule has 0 unspecified atom stereocenters. The van der Waals surface area contributed by atoms with Crippen LogP contribution in [0.4, 0.5) is 0 Å². The highest BCUT2D eigenvalue weighted by Gasteiger charge is 2.28. The molecule has 0 aromatic rings. The molecule has 0 spiro atoms. The van der Waals surface area contributed by atoms with E-state index in [9.17, 15) is 4.79 Å². The summed E-state index contributed by atoms with van der Waals surface area (Å²) in [7, 11) is 0. The molecule has 1 heterocycles. The average Bonchev–Trinajstić information content (AvgIpc) is 2.58. The zero-order valence-electron chi connectivity index (χ0n) is 19.6. The van der Waals surface area contributed by atoms with Crippen molar-refractivity contribution in [3.05, 3.63) is 0 Å². The predicted octanol–water partition coefficient (Wildman–Crippen LogP) is 1.69. The Kier molecular flexibility index (Phi) is 10.6. The fourth-order valence-corrected chi connectivity index (χ4v) is 4.51. The number of amides is 1. The number of nitrogens with zero attached hydrogens (tertiary/aromatic N) is 3. The number of primary amides is 1. The summed E-state index contributed by atoms with van der Waals surface area (Å²) in [5, 5.41) is 16.5. The second-order valence-corrected chi connectivity index (χ2v) is 9.92. The maximum absolute atomic E-state index is 11.3. The summed E-state index contributed by atoms with van der Waals surface area (Å²) in [5.41, 5.74) is 5.40. The van der Waals surface area contributed by atoms with Crippen LogP contribution in [0.15, 0.2) is 0 Å². The number of carbonyl (C=O) groups excluding carboxylic acids is 1. The molecule has 1 aliphatic heterocycles. The Balaban J connectivity index is 2.93. The van der Waals surface area contributed by atoms with Gasteiger partial charge < -0.3 is 16.4 Å². The molecule has 1 saturated heterocycles. The van der Waals surface area contributed by atoms with Gasteiger partial charge in [-0.3, -0.25) is 14.6 Å². The molecule has 0 radical (unpaired) electrons. The quantitative estimate of drug-likeness (QED) is 0.640. The molecule has 4 N–H and O–H groups in total. The van der Waals surface area contributed by atoms with Crippen molar-refractivity contribution in [1.29, 1.82) is 5.26 Å². The maximum atomic E-state index is 11.3. The highest BCUT2D eigenvalue weighted by atomic mass is 16.1. The van der Waals surface area contributed by atoms with Gasteiger partial charge in [0.05, 0.1) is 6.07 Å². The molecule has 0 aliphatic carbocycles. The first-order chi connectivity index (χ1) is 13.5. The summed E-state index contributed by atoms with van der Waals surface area (Å²) >= 11 is 0. The standard InChI is InChI=1S/C22H44N6O/c1-18-16-21(3,4)26-11-15-28(13-8-20(24)29)19(2)17-22(5,6)25-10-14-27(18)12-7-9-23/h18-19,25-26H,7-8,10-17H2,1-6H3,(H2,24,29)/t18-,19-/m1/s1. The third-order valence-corrected chi connectivity index (χ3v) is 6.02. The monoisotopic (exact) mass is 408 g/mol. The summed E-state index contributed by atoms with van der Waals surface area (Å²) in [6.07, 6.45) is 2.96. The molecule has 0 bridgehead atoms. The summed E-state index contributed by atoms with van der Waals surface area (Å²) < 4.78 is 0. The van der Waals surface area contributed by atoms with Crippen molar-refractivity contribution in [2.24, 2.45) is 5.73 Å². The van der Waals surface area contributed by atoms with Crippen molar-refractivity contribution in [3.8, 4) is 6.07 Å². The topological polar surface area (TPSA) is 97.4 Å². The molecular formula is C22H44N6O. The molecule has 7 heteroatoms. The minimum absolute atomic E-state index is 0.000277. The molecule has 0 aromatic carbocycles. The predicted molar refractivity (Wildman–Crippen MR) is 120 cm³/mol. The highest BCUT2D eigenvalue weighted by molar-refractivity contribution is 5.73. The Morgan fingerprint density at radius 1 is 1.00 bits per heavy atom. The molecular weight excluding hydrogens is 364 g/mol. The third-order valence-electron chi connectivity index (χ3n) is 6.02. The number of hydrogen-bond donors (Lipinski definition) is 3. The lowest BCUT2D eigenvalue weighted by atomic mass is 9.93. The minimum atomic E-state index is -0.242. The lowest BCUT2D eigenvalue weighted by Gasteiger charge is -2.40. The summed E-state index contributed by atoms with van der Waals surface area (Å²) in [5.74, 6) is -0.242. The van der Waals surface area contributed by atoms with Crippen LogP contribution < -0.4 is 16.4 Å². The molecule has 7 nitrogen and oxygen atoms in total. The fourth-order valence-electron chi connectivity index (χ4n) is 4.51. The van der Waals surface area contributed by atoms with E-state index in [1.165, 1.54) is 0 Å². The fraction of sp³-hybridized carbons (Fsp3) is 0.909. The molecule has 1 fully saturated rings. The van der Waals surface area contributed by atoms with Crippen LogP contribution in [-0.2, 0) is 4.79 Å². The first-order valence-electron chi connectivity index (χ1n) is 11.1. The minimum Gasteiger partial charge on any atom is -0.370 e. The van der Waals surface area contributed by atoms with Crippen LogP contribution >= 0.6 is 0 Å². The second kappa shape index (κ2) is 11.8. The van der Waals surface area contributed by atoms with Gasteiger partial charge in [-0.2, -0.15) is 5.26 Å². The van der Waals surface area contributed by atoms with Crippen LogP contribution in [0.25, 0.3) is 0 Å². The van der Waals surface area contributed by atoms with Crippen LogP contribution in [-0.4, -0.2) is 78.1 Å². The number of nitrogens with one attached hydrogen (secondary N) is 2. The lowest BCUT2D eigenvalue weighted by Crippen LogP contribution is -2.53. The van der Waals surface area contributed by atoms with E-state index in [2.05, 4.69) is 68.0 Å². The molecule has 1 amide bonds. The Bertz CT molecular complexity index is 542. The van der Waals surface area contributed by atoms with E-state index < -0.39 is 0 Å². The average molecular weight is 409 g/mol. The number of nitrogens with two attached hydrogens (primary N) is 1. The van der Waals surface area contributed by atoms with E-state index in [0.29, 0.717) is 31.5 Å². The number of rotatable bonds is 5. The Hall–Kier alpha value is -1.20. The van der Waals surface area contributed by atoms with Gasteiger partial charge in [-0.1, -0.05) is 0 Å². The molecule has 29 heavy (non-hydrogen) atoms. The summed E-state index contributed by atoms with van der Waals surface area (Å²) in [6.45, 7) is 18.6. The largest absolute Gasteiger partial charge is 0.370 e. The van der Waals surface area contributed by atoms with Crippen LogP contribution in [0.5, 0.6) is 0 Å². The van der Waals surface area contributed by atoms with Gasteiger partial charge in [0.2, 0.25) is 5.91 Å². The number of hydrogen-bond acceptors (Lipinski definition) is 6. The van der Waals surface area contributed by atoms with Gasteiger partial charge in [-0.25, -0.2) is 0 Å². The van der Waals surface area contributed by atoms with E-state index >= 15 is 0 Å². The first-order valence-corrected chi connectivity index (χ1v) is 11.1. The summed E-state index contributed by atoms with van der Waals surface area (Å²) in [6, 6.07) is 3.03. The van der Waals surface area contributed by atoms with Crippen molar-refractivity contribution in [2.75, 3.05) is 39.3 Å². The van der Waals surface area contributed by atoms with E-state index in [-0.39, 0.29) is 17.0 Å². The SMILES string of the molecule is C[C@@H]1CC(C)(C)NCCN(CCC(N)=O)[C@H](C)CC(C)(C)NCCN1CCC#N. The van der Waals surface area contributed by atoms with Crippen LogP contribution in [0.1, 0.15) is 67.2 Å². The second-order valence-electron chi connectivity index (χ2n) is 9.92. The molecule has 0 aromatic heterocycles. The van der Waals surface area contributed by atoms with Crippen molar-refractivity contribution in [1.82, 2.24) is 20.4 Å². The molecule has 168 valence electrons. The Labute approximate surface area is 178 Å². The van der Waals surface area contributed by atoms with E-state index in [1.54, 1.807) is 0 Å². The number of nitriles is 1. The van der Waals surface area contributed by atoms with Gasteiger partial charge in [0.15, 0.2) is 0 Å². The molecule has 2 atom stereocenters. The van der Waals surface area contributed by atoms with Gasteiger partial charge in [0.25, 0.3) is 0 Å². The van der Waals surface area contributed by atoms with Gasteiger partial charge >= 0.3 is 0 Å². The van der Waals surface area contributed by atoms with Crippen molar-refractivity contribution in [2.45, 2.75) is 90.4 Å². The van der Waals surface area contributed by atoms with Crippen LogP contribution in [0.3, 0.4) is 0 Å². The van der Waals surface area contributed by atoms with E-state index in [0.717, 1.165) is 45.6 Å². The Morgan fingerprint density at radius 2 is 1.45 bits per heavy atom. The zero-order chi connectivity index (χ0) is 22.1. The number of carbonyl (C=O) groups is 1. The van der Waals surface area contributed by atoms with E-state index in [4.69, 9.17) is 11.0 Å². The van der Waals surface area contributed by atoms with Crippen molar-refractivity contribution in [3.63, 3.8) is 0 Å². The van der Waals surface area contributed by atoms with Gasteiger partial charge in [0, 0.05) is 75.3 Å². The lowest BCUT2D eigenvalue weighted by molar-refractivity contribution is -0.118. The summed E-state index contributed by atoms with van der Waals surface area (Å²) in [4.78, 5) is 16.1. The van der Waals surface area contributed by atoms with Gasteiger partial charge in [-0.15, -0.1) is 0 Å². The van der Waals surface area contributed by atoms with Crippen LogP contribution in [0.2, 0.25) is 0 Å². The maximum Gasteiger partial charge on any atom is 0.218 e. The highest BCUT2D eigenvalue weighted by Crippen LogP contribution is 2.19. The third kappa shape index (κ3) is 10.4. The normalized spacial score (nSPS) is 27.6. The van der Waals surface area contributed by atoms with Gasteiger partial charge in [-0.05, 0) is 54.4 Å². The molecule has 0 saturated carbocycles. The zero-order valence-corrected chi connectivity index (χ0v) is 19.6.